The Labute approximate surface area is 139 Å². The van der Waals surface area contributed by atoms with E-state index in [9.17, 15) is 13.2 Å². The fraction of sp³-hybridized carbons (Fsp3) is 0.188. The number of fused-ring (bicyclic) bond motifs is 1. The van der Waals surface area contributed by atoms with Crippen LogP contribution in [0.3, 0.4) is 0 Å². The van der Waals surface area contributed by atoms with Gasteiger partial charge in [-0.25, -0.2) is 4.79 Å². The summed E-state index contributed by atoms with van der Waals surface area (Å²) >= 11 is 0. The highest BCUT2D eigenvalue weighted by atomic mass is 32.2. The zero-order valence-corrected chi connectivity index (χ0v) is 13.5. The van der Waals surface area contributed by atoms with Crippen LogP contribution in [0.5, 0.6) is 5.75 Å². The van der Waals surface area contributed by atoms with E-state index in [1.807, 2.05) is 30.3 Å². The predicted octanol–water partition coefficient (Wildman–Crippen LogP) is 1.84. The van der Waals surface area contributed by atoms with Crippen molar-refractivity contribution in [1.82, 2.24) is 10.0 Å². The Balaban J connectivity index is 1.52. The third kappa shape index (κ3) is 4.24. The van der Waals surface area contributed by atoms with Crippen LogP contribution < -0.4 is 14.2 Å². The summed E-state index contributed by atoms with van der Waals surface area (Å²) in [4.78, 5) is 11.7. The number of ether oxygens (including phenoxy) is 1. The quantitative estimate of drug-likeness (QED) is 0.879. The zero-order chi connectivity index (χ0) is 17.0. The minimum absolute atomic E-state index is 0.157. The van der Waals surface area contributed by atoms with Crippen LogP contribution in [0.25, 0.3) is 0 Å². The highest BCUT2D eigenvalue weighted by Crippen LogP contribution is 2.24. The molecular weight excluding hydrogens is 332 g/mol. The predicted molar refractivity (Wildman–Crippen MR) is 86.3 cm³/mol. The highest BCUT2D eigenvalue weighted by Gasteiger charge is 2.21. The largest absolute Gasteiger partial charge is 0.445 e. The average Bonchev–Trinajstić information content (AvgIpc) is 2.58. The second kappa shape index (κ2) is 6.90. The normalized spacial score (nSPS) is 15.0. The van der Waals surface area contributed by atoms with E-state index in [-0.39, 0.29) is 19.7 Å². The van der Waals surface area contributed by atoms with Crippen LogP contribution >= 0.6 is 0 Å². The first-order chi connectivity index (χ1) is 11.5. The number of benzene rings is 2. The SMILES string of the molecule is O=C(NCc1ccc2c(c1)CNS(=O)(=O)O2)OCc1ccccc1. The summed E-state index contributed by atoms with van der Waals surface area (Å²) in [5, 5.41) is 2.65. The van der Waals surface area contributed by atoms with Crippen LogP contribution in [-0.2, 0) is 34.7 Å². The van der Waals surface area contributed by atoms with Gasteiger partial charge < -0.3 is 14.2 Å². The van der Waals surface area contributed by atoms with Crippen molar-refractivity contribution in [3.63, 3.8) is 0 Å². The summed E-state index contributed by atoms with van der Waals surface area (Å²) in [6.07, 6.45) is -0.520. The smallest absolute Gasteiger partial charge is 0.407 e. The van der Waals surface area contributed by atoms with Crippen LogP contribution in [0.15, 0.2) is 48.5 Å². The maximum absolute atomic E-state index is 11.7. The van der Waals surface area contributed by atoms with Gasteiger partial charge in [-0.1, -0.05) is 36.4 Å². The fourth-order valence-corrected chi connectivity index (χ4v) is 3.01. The number of amides is 1. The van der Waals surface area contributed by atoms with Gasteiger partial charge in [-0.15, -0.1) is 0 Å². The molecule has 7 nitrogen and oxygen atoms in total. The molecule has 0 unspecified atom stereocenters. The Hall–Kier alpha value is -2.58. The first-order valence-electron chi connectivity index (χ1n) is 7.27. The van der Waals surface area contributed by atoms with E-state index in [0.717, 1.165) is 11.1 Å². The molecule has 2 N–H and O–H groups in total. The lowest BCUT2D eigenvalue weighted by Gasteiger charge is -2.18. The van der Waals surface area contributed by atoms with E-state index in [2.05, 4.69) is 10.0 Å². The molecule has 3 rings (SSSR count). The van der Waals surface area contributed by atoms with Crippen molar-refractivity contribution >= 4 is 16.4 Å². The summed E-state index contributed by atoms with van der Waals surface area (Å²) in [7, 11) is -3.71. The molecule has 24 heavy (non-hydrogen) atoms. The van der Waals surface area contributed by atoms with Crippen molar-refractivity contribution in [2.45, 2.75) is 19.7 Å². The molecule has 0 aliphatic carbocycles. The minimum Gasteiger partial charge on any atom is -0.445 e. The number of carbonyl (C=O) groups excluding carboxylic acids is 1. The lowest BCUT2D eigenvalue weighted by molar-refractivity contribution is 0.139. The average molecular weight is 348 g/mol. The van der Waals surface area contributed by atoms with Crippen molar-refractivity contribution in [3.05, 3.63) is 65.2 Å². The molecule has 1 amide bonds. The van der Waals surface area contributed by atoms with Crippen LogP contribution in [0.4, 0.5) is 4.79 Å². The Morgan fingerprint density at radius 2 is 1.96 bits per heavy atom. The molecular formula is C16H16N2O5S. The van der Waals surface area contributed by atoms with Gasteiger partial charge in [-0.05, 0) is 23.3 Å². The second-order valence-corrected chi connectivity index (χ2v) is 6.58. The molecule has 2 aromatic rings. The molecule has 0 saturated heterocycles. The Morgan fingerprint density at radius 1 is 1.17 bits per heavy atom. The molecule has 0 aromatic heterocycles. The number of nitrogens with one attached hydrogen (secondary N) is 2. The van der Waals surface area contributed by atoms with Gasteiger partial charge in [0.15, 0.2) is 0 Å². The van der Waals surface area contributed by atoms with Gasteiger partial charge in [0.1, 0.15) is 12.4 Å². The van der Waals surface area contributed by atoms with Gasteiger partial charge in [0, 0.05) is 18.7 Å². The number of carbonyl (C=O) groups is 1. The number of alkyl carbamates (subject to hydrolysis) is 1. The fourth-order valence-electron chi connectivity index (χ4n) is 2.22. The molecule has 0 bridgehead atoms. The second-order valence-electron chi connectivity index (χ2n) is 5.22. The van der Waals surface area contributed by atoms with Crippen molar-refractivity contribution < 1.29 is 22.1 Å². The van der Waals surface area contributed by atoms with Crippen molar-refractivity contribution in [3.8, 4) is 5.75 Å². The lowest BCUT2D eigenvalue weighted by atomic mass is 10.1. The molecule has 0 spiro atoms. The Kier molecular flexibility index (Phi) is 4.68. The number of rotatable bonds is 4. The van der Waals surface area contributed by atoms with Crippen molar-refractivity contribution in [1.29, 1.82) is 0 Å². The van der Waals surface area contributed by atoms with E-state index in [4.69, 9.17) is 8.92 Å². The topological polar surface area (TPSA) is 93.7 Å². The number of hydrogen-bond donors (Lipinski definition) is 2. The van der Waals surface area contributed by atoms with Gasteiger partial charge in [0.05, 0.1) is 0 Å². The maximum Gasteiger partial charge on any atom is 0.407 e. The Bertz CT molecular complexity index is 837. The first-order valence-corrected chi connectivity index (χ1v) is 8.68. The van der Waals surface area contributed by atoms with E-state index in [0.29, 0.717) is 11.3 Å². The monoisotopic (exact) mass is 348 g/mol. The zero-order valence-electron chi connectivity index (χ0n) is 12.7. The van der Waals surface area contributed by atoms with E-state index in [1.54, 1.807) is 18.2 Å². The molecule has 1 aliphatic heterocycles. The van der Waals surface area contributed by atoms with Crippen LogP contribution in [-0.4, -0.2) is 14.5 Å². The van der Waals surface area contributed by atoms with Crippen molar-refractivity contribution in [2.24, 2.45) is 0 Å². The summed E-state index contributed by atoms with van der Waals surface area (Å²) < 4.78 is 34.8. The van der Waals surface area contributed by atoms with Gasteiger partial charge in [-0.2, -0.15) is 13.1 Å². The summed E-state index contributed by atoms with van der Waals surface area (Å²) in [6.45, 7) is 0.629. The summed E-state index contributed by atoms with van der Waals surface area (Å²) in [6, 6.07) is 14.4. The first kappa shape index (κ1) is 16.3. The van der Waals surface area contributed by atoms with Crippen LogP contribution in [0.1, 0.15) is 16.7 Å². The van der Waals surface area contributed by atoms with Crippen molar-refractivity contribution in [2.75, 3.05) is 0 Å². The van der Waals surface area contributed by atoms with E-state index in [1.165, 1.54) is 0 Å². The molecule has 0 fully saturated rings. The molecule has 8 heteroatoms. The van der Waals surface area contributed by atoms with Gasteiger partial charge in [-0.3, -0.25) is 0 Å². The minimum atomic E-state index is -3.71. The van der Waals surface area contributed by atoms with Crippen LogP contribution in [0.2, 0.25) is 0 Å². The highest BCUT2D eigenvalue weighted by molar-refractivity contribution is 7.85. The van der Waals surface area contributed by atoms with E-state index >= 15 is 0 Å². The summed E-state index contributed by atoms with van der Waals surface area (Å²) in [5.41, 5.74) is 2.43. The van der Waals surface area contributed by atoms with Gasteiger partial charge in [0.2, 0.25) is 0 Å². The maximum atomic E-state index is 11.7. The summed E-state index contributed by atoms with van der Waals surface area (Å²) in [5.74, 6) is 0.296. The molecule has 0 radical (unpaired) electrons. The molecule has 1 aliphatic rings. The van der Waals surface area contributed by atoms with E-state index < -0.39 is 16.4 Å². The van der Waals surface area contributed by atoms with Crippen LogP contribution in [0, 0.1) is 0 Å². The lowest BCUT2D eigenvalue weighted by Crippen LogP contribution is -2.32. The molecule has 126 valence electrons. The molecule has 1 heterocycles. The number of hydrogen-bond acceptors (Lipinski definition) is 5. The standard InChI is InChI=1S/C16H16N2O5S/c19-16(22-11-12-4-2-1-3-5-12)17-9-13-6-7-15-14(8-13)10-18-24(20,21)23-15/h1-8,18H,9-11H2,(H,17,19). The molecule has 0 saturated carbocycles. The van der Waals surface area contributed by atoms with Gasteiger partial charge in [0.25, 0.3) is 0 Å². The third-order valence-electron chi connectivity index (χ3n) is 3.41. The Morgan fingerprint density at radius 3 is 2.75 bits per heavy atom. The third-order valence-corrected chi connectivity index (χ3v) is 4.31. The molecule has 0 atom stereocenters. The van der Waals surface area contributed by atoms with Gasteiger partial charge >= 0.3 is 16.4 Å². The molecule has 2 aromatic carbocycles.